The van der Waals surface area contributed by atoms with Crippen molar-refractivity contribution < 1.29 is 19.1 Å². The molecule has 1 aromatic carbocycles. The van der Waals surface area contributed by atoms with Crippen LogP contribution in [0.15, 0.2) is 18.2 Å². The van der Waals surface area contributed by atoms with Crippen LogP contribution >= 0.6 is 0 Å². The lowest BCUT2D eigenvalue weighted by Gasteiger charge is -2.11. The number of nitrogens with one attached hydrogen (secondary N) is 1. The Morgan fingerprint density at radius 2 is 1.67 bits per heavy atom. The number of amides is 2. The lowest BCUT2D eigenvalue weighted by molar-refractivity contribution is -0.130. The van der Waals surface area contributed by atoms with Crippen molar-refractivity contribution >= 4 is 11.8 Å². The van der Waals surface area contributed by atoms with Gasteiger partial charge in [0, 0.05) is 26.6 Å². The fourth-order valence-electron chi connectivity index (χ4n) is 1.69. The summed E-state index contributed by atoms with van der Waals surface area (Å²) in [5.74, 6) is 1.08. The van der Waals surface area contributed by atoms with Crippen molar-refractivity contribution in [2.75, 3.05) is 34.9 Å². The summed E-state index contributed by atoms with van der Waals surface area (Å²) in [6.45, 7) is 0.0211. The van der Waals surface area contributed by atoms with Gasteiger partial charge in [0.2, 0.25) is 11.8 Å². The van der Waals surface area contributed by atoms with E-state index >= 15 is 0 Å². The molecule has 0 saturated carbocycles. The van der Waals surface area contributed by atoms with Crippen LogP contribution in [0.4, 0.5) is 0 Å². The fourth-order valence-corrected chi connectivity index (χ4v) is 1.69. The first-order valence-electron chi connectivity index (χ1n) is 6.65. The molecule has 21 heavy (non-hydrogen) atoms. The first-order valence-corrected chi connectivity index (χ1v) is 6.65. The monoisotopic (exact) mass is 294 g/mol. The topological polar surface area (TPSA) is 67.9 Å². The molecule has 0 atom stereocenters. The van der Waals surface area contributed by atoms with Gasteiger partial charge in [-0.25, -0.2) is 0 Å². The van der Waals surface area contributed by atoms with Crippen LogP contribution in [0, 0.1) is 0 Å². The third-order valence-electron chi connectivity index (χ3n) is 2.99. The van der Waals surface area contributed by atoms with Crippen molar-refractivity contribution in [1.29, 1.82) is 0 Å². The van der Waals surface area contributed by atoms with E-state index in [4.69, 9.17) is 9.47 Å². The molecule has 6 heteroatoms. The van der Waals surface area contributed by atoms with Crippen LogP contribution in [0.1, 0.15) is 12.0 Å². The maximum atomic E-state index is 11.7. The smallest absolute Gasteiger partial charge is 0.241 e. The highest BCUT2D eigenvalue weighted by atomic mass is 16.5. The second-order valence-corrected chi connectivity index (χ2v) is 4.79. The van der Waals surface area contributed by atoms with Gasteiger partial charge < -0.3 is 19.7 Å². The van der Waals surface area contributed by atoms with Gasteiger partial charge in [-0.15, -0.1) is 0 Å². The fraction of sp³-hybridized carbons (Fsp3) is 0.467. The van der Waals surface area contributed by atoms with Crippen molar-refractivity contribution in [1.82, 2.24) is 10.2 Å². The second kappa shape index (κ2) is 8.14. The molecule has 0 fully saturated rings. The molecule has 0 aromatic heterocycles. The molecule has 0 saturated heterocycles. The molecule has 2 amide bonds. The van der Waals surface area contributed by atoms with Gasteiger partial charge in [-0.3, -0.25) is 9.59 Å². The zero-order valence-electron chi connectivity index (χ0n) is 12.9. The summed E-state index contributed by atoms with van der Waals surface area (Å²) < 4.78 is 10.4. The molecule has 0 bridgehead atoms. The number of hydrogen-bond acceptors (Lipinski definition) is 4. The van der Waals surface area contributed by atoms with Crippen LogP contribution in [0.3, 0.4) is 0 Å². The van der Waals surface area contributed by atoms with Crippen molar-refractivity contribution in [3.8, 4) is 11.5 Å². The summed E-state index contributed by atoms with van der Waals surface area (Å²) in [4.78, 5) is 24.5. The van der Waals surface area contributed by atoms with Crippen LogP contribution in [-0.4, -0.2) is 51.6 Å². The average molecular weight is 294 g/mol. The molecule has 0 heterocycles. The van der Waals surface area contributed by atoms with Crippen LogP contribution < -0.4 is 14.8 Å². The van der Waals surface area contributed by atoms with E-state index in [2.05, 4.69) is 5.32 Å². The van der Waals surface area contributed by atoms with E-state index in [-0.39, 0.29) is 18.4 Å². The number of aryl methyl sites for hydroxylation is 1. The molecule has 1 N–H and O–H groups in total. The maximum absolute atomic E-state index is 11.7. The molecule has 0 radical (unpaired) electrons. The minimum absolute atomic E-state index is 0.0211. The van der Waals surface area contributed by atoms with E-state index < -0.39 is 0 Å². The zero-order chi connectivity index (χ0) is 15.8. The Hall–Kier alpha value is -2.24. The molecular formula is C15H22N2O4. The van der Waals surface area contributed by atoms with Gasteiger partial charge in [0.05, 0.1) is 20.8 Å². The number of benzene rings is 1. The van der Waals surface area contributed by atoms with E-state index in [0.29, 0.717) is 24.3 Å². The van der Waals surface area contributed by atoms with E-state index in [9.17, 15) is 9.59 Å². The molecule has 116 valence electrons. The predicted molar refractivity (Wildman–Crippen MR) is 79.6 cm³/mol. The number of carbonyl (C=O) groups excluding carboxylic acids is 2. The minimum Gasteiger partial charge on any atom is -0.497 e. The quantitative estimate of drug-likeness (QED) is 0.809. The van der Waals surface area contributed by atoms with E-state index in [1.807, 2.05) is 12.1 Å². The highest BCUT2D eigenvalue weighted by Gasteiger charge is 2.08. The number of hydrogen-bond donors (Lipinski definition) is 1. The molecule has 0 aliphatic rings. The maximum Gasteiger partial charge on any atom is 0.241 e. The van der Waals surface area contributed by atoms with Gasteiger partial charge in [-0.2, -0.15) is 0 Å². The third-order valence-corrected chi connectivity index (χ3v) is 2.99. The van der Waals surface area contributed by atoms with Crippen molar-refractivity contribution in [3.63, 3.8) is 0 Å². The Bertz CT molecular complexity index is 478. The Balaban J connectivity index is 2.51. The van der Waals surface area contributed by atoms with Crippen LogP contribution in [-0.2, 0) is 16.0 Å². The van der Waals surface area contributed by atoms with Gasteiger partial charge >= 0.3 is 0 Å². The van der Waals surface area contributed by atoms with Gasteiger partial charge in [0.25, 0.3) is 0 Å². The lowest BCUT2D eigenvalue weighted by Crippen LogP contribution is -2.36. The first-order chi connectivity index (χ1) is 9.96. The molecule has 0 unspecified atom stereocenters. The number of likely N-dealkylation sites (N-methyl/N-ethyl adjacent to an activating group) is 1. The van der Waals surface area contributed by atoms with E-state index in [1.54, 1.807) is 34.4 Å². The SMILES string of the molecule is COc1cc(CCC(=O)NCC(=O)N(C)C)cc(OC)c1. The summed E-state index contributed by atoms with van der Waals surface area (Å²) in [5, 5.41) is 2.60. The second-order valence-electron chi connectivity index (χ2n) is 4.79. The van der Waals surface area contributed by atoms with Gasteiger partial charge in [-0.05, 0) is 24.1 Å². The summed E-state index contributed by atoms with van der Waals surface area (Å²) in [6, 6.07) is 5.50. The molecule has 1 aromatic rings. The van der Waals surface area contributed by atoms with Crippen molar-refractivity contribution in [2.45, 2.75) is 12.8 Å². The molecule has 0 aliphatic heterocycles. The highest BCUT2D eigenvalue weighted by Crippen LogP contribution is 2.23. The Labute approximate surface area is 125 Å². The van der Waals surface area contributed by atoms with Crippen molar-refractivity contribution in [2.24, 2.45) is 0 Å². The Morgan fingerprint density at radius 3 is 2.14 bits per heavy atom. The van der Waals surface area contributed by atoms with Crippen LogP contribution in [0.5, 0.6) is 11.5 Å². The normalized spacial score (nSPS) is 9.90. The number of carbonyl (C=O) groups is 2. The number of nitrogens with zero attached hydrogens (tertiary/aromatic N) is 1. The Morgan fingerprint density at radius 1 is 1.10 bits per heavy atom. The van der Waals surface area contributed by atoms with Crippen LogP contribution in [0.2, 0.25) is 0 Å². The summed E-state index contributed by atoms with van der Waals surface area (Å²) >= 11 is 0. The van der Waals surface area contributed by atoms with Gasteiger partial charge in [0.1, 0.15) is 11.5 Å². The van der Waals surface area contributed by atoms with Gasteiger partial charge in [-0.1, -0.05) is 0 Å². The third kappa shape index (κ3) is 5.72. The predicted octanol–water partition coefficient (Wildman–Crippen LogP) is 0.841. The highest BCUT2D eigenvalue weighted by molar-refractivity contribution is 5.84. The lowest BCUT2D eigenvalue weighted by atomic mass is 10.1. The molecule has 0 aliphatic carbocycles. The Kier molecular flexibility index (Phi) is 6.52. The number of rotatable bonds is 7. The van der Waals surface area contributed by atoms with Crippen LogP contribution in [0.25, 0.3) is 0 Å². The summed E-state index contributed by atoms with van der Waals surface area (Å²) in [7, 11) is 6.46. The van der Waals surface area contributed by atoms with Crippen molar-refractivity contribution in [3.05, 3.63) is 23.8 Å². The zero-order valence-corrected chi connectivity index (χ0v) is 12.9. The van der Waals surface area contributed by atoms with E-state index in [1.165, 1.54) is 4.90 Å². The number of methoxy groups -OCH3 is 2. The summed E-state index contributed by atoms with van der Waals surface area (Å²) in [5.41, 5.74) is 0.945. The standard InChI is InChI=1S/C15H22N2O4/c1-17(2)15(19)10-16-14(18)6-5-11-7-12(20-3)9-13(8-11)21-4/h7-9H,5-6,10H2,1-4H3,(H,16,18). The first kappa shape index (κ1) is 16.8. The molecule has 1 rings (SSSR count). The largest absolute Gasteiger partial charge is 0.497 e. The molecule has 0 spiro atoms. The number of ether oxygens (including phenoxy) is 2. The minimum atomic E-state index is -0.160. The van der Waals surface area contributed by atoms with E-state index in [0.717, 1.165) is 5.56 Å². The molecule has 6 nitrogen and oxygen atoms in total. The summed E-state index contributed by atoms with van der Waals surface area (Å²) in [6.07, 6.45) is 0.854. The van der Waals surface area contributed by atoms with Gasteiger partial charge in [0.15, 0.2) is 0 Å². The average Bonchev–Trinajstić information content (AvgIpc) is 2.49. The molecular weight excluding hydrogens is 272 g/mol.